The molecule has 0 N–H and O–H groups in total. The Morgan fingerprint density at radius 1 is 1.45 bits per heavy atom. The normalized spacial score (nSPS) is 31.6. The van der Waals surface area contributed by atoms with E-state index in [1.165, 1.54) is 25.7 Å². The number of ether oxygens (including phenoxy) is 1. The summed E-state index contributed by atoms with van der Waals surface area (Å²) in [6, 6.07) is 0. The second-order valence-electron chi connectivity index (χ2n) is 3.92. The maximum Gasteiger partial charge on any atom is 0.0706 e. The van der Waals surface area contributed by atoms with E-state index in [4.69, 9.17) is 4.74 Å². The SMILES string of the molecule is CCCC1(C(C)C)CCCO1. The van der Waals surface area contributed by atoms with Crippen LogP contribution < -0.4 is 0 Å². The molecule has 1 nitrogen and oxygen atoms in total. The molecule has 0 amide bonds. The Bertz CT molecular complexity index is 112. The Labute approximate surface area is 70.1 Å². The first-order valence-corrected chi connectivity index (χ1v) is 4.85. The average molecular weight is 156 g/mol. The monoisotopic (exact) mass is 156 g/mol. The molecule has 1 aliphatic heterocycles. The molecule has 1 rings (SSSR count). The van der Waals surface area contributed by atoms with Crippen LogP contribution in [0.15, 0.2) is 0 Å². The summed E-state index contributed by atoms with van der Waals surface area (Å²) in [5, 5.41) is 0. The Hall–Kier alpha value is -0.0400. The minimum atomic E-state index is 0.245. The first-order valence-electron chi connectivity index (χ1n) is 4.85. The standard InChI is InChI=1S/C10H20O/c1-4-6-10(9(2)3)7-5-8-11-10/h9H,4-8H2,1-3H3. The number of hydrogen-bond donors (Lipinski definition) is 0. The summed E-state index contributed by atoms with van der Waals surface area (Å²) < 4.78 is 5.84. The van der Waals surface area contributed by atoms with Gasteiger partial charge < -0.3 is 4.74 Å². The molecule has 1 aliphatic rings. The third-order valence-corrected chi connectivity index (χ3v) is 2.86. The van der Waals surface area contributed by atoms with Gasteiger partial charge in [0, 0.05) is 6.61 Å². The predicted octanol–water partition coefficient (Wildman–Crippen LogP) is 2.99. The van der Waals surface area contributed by atoms with Crippen LogP contribution in [0.3, 0.4) is 0 Å². The van der Waals surface area contributed by atoms with Crippen LogP contribution in [-0.4, -0.2) is 12.2 Å². The van der Waals surface area contributed by atoms with E-state index in [2.05, 4.69) is 20.8 Å². The summed E-state index contributed by atoms with van der Waals surface area (Å²) in [5.41, 5.74) is 0.245. The molecule has 0 aromatic heterocycles. The maximum atomic E-state index is 5.84. The number of rotatable bonds is 3. The Morgan fingerprint density at radius 3 is 2.55 bits per heavy atom. The summed E-state index contributed by atoms with van der Waals surface area (Å²) in [6.07, 6.45) is 5.03. The molecule has 0 radical (unpaired) electrons. The highest BCUT2D eigenvalue weighted by Crippen LogP contribution is 2.36. The molecule has 1 fully saturated rings. The zero-order valence-electron chi connectivity index (χ0n) is 8.02. The zero-order valence-corrected chi connectivity index (χ0v) is 8.02. The van der Waals surface area contributed by atoms with Crippen LogP contribution >= 0.6 is 0 Å². The van der Waals surface area contributed by atoms with E-state index in [0.29, 0.717) is 5.92 Å². The molecule has 0 bridgehead atoms. The molecule has 1 heterocycles. The van der Waals surface area contributed by atoms with E-state index in [1.807, 2.05) is 0 Å². The summed E-state index contributed by atoms with van der Waals surface area (Å²) in [6.45, 7) is 7.78. The third-order valence-electron chi connectivity index (χ3n) is 2.86. The van der Waals surface area contributed by atoms with Crippen molar-refractivity contribution in [3.63, 3.8) is 0 Å². The first kappa shape index (κ1) is 9.05. The van der Waals surface area contributed by atoms with Crippen molar-refractivity contribution in [1.29, 1.82) is 0 Å². The van der Waals surface area contributed by atoms with Gasteiger partial charge in [0.1, 0.15) is 0 Å². The van der Waals surface area contributed by atoms with Crippen LogP contribution in [0, 0.1) is 5.92 Å². The van der Waals surface area contributed by atoms with E-state index in [-0.39, 0.29) is 5.60 Å². The molecule has 0 spiro atoms. The largest absolute Gasteiger partial charge is 0.375 e. The fourth-order valence-corrected chi connectivity index (χ4v) is 2.08. The summed E-state index contributed by atoms with van der Waals surface area (Å²) in [7, 11) is 0. The van der Waals surface area contributed by atoms with Crippen LogP contribution in [0.1, 0.15) is 46.5 Å². The molecular formula is C10H20O. The lowest BCUT2D eigenvalue weighted by atomic mass is 9.84. The van der Waals surface area contributed by atoms with Gasteiger partial charge in [-0.15, -0.1) is 0 Å². The van der Waals surface area contributed by atoms with Gasteiger partial charge >= 0.3 is 0 Å². The van der Waals surface area contributed by atoms with Crippen molar-refractivity contribution in [3.05, 3.63) is 0 Å². The lowest BCUT2D eigenvalue weighted by Crippen LogP contribution is -2.33. The minimum Gasteiger partial charge on any atom is -0.375 e. The van der Waals surface area contributed by atoms with Crippen molar-refractivity contribution >= 4 is 0 Å². The van der Waals surface area contributed by atoms with Crippen molar-refractivity contribution < 1.29 is 4.74 Å². The summed E-state index contributed by atoms with van der Waals surface area (Å²) in [5.74, 6) is 0.685. The molecule has 66 valence electrons. The quantitative estimate of drug-likeness (QED) is 0.610. The van der Waals surface area contributed by atoms with Gasteiger partial charge in [-0.2, -0.15) is 0 Å². The van der Waals surface area contributed by atoms with Gasteiger partial charge in [0.2, 0.25) is 0 Å². The van der Waals surface area contributed by atoms with E-state index in [0.717, 1.165) is 6.61 Å². The van der Waals surface area contributed by atoms with Gasteiger partial charge in [-0.3, -0.25) is 0 Å². The van der Waals surface area contributed by atoms with Crippen LogP contribution in [0.4, 0.5) is 0 Å². The van der Waals surface area contributed by atoms with E-state index in [9.17, 15) is 0 Å². The van der Waals surface area contributed by atoms with Gasteiger partial charge in [0.05, 0.1) is 5.60 Å². The van der Waals surface area contributed by atoms with E-state index < -0.39 is 0 Å². The van der Waals surface area contributed by atoms with Crippen molar-refractivity contribution in [2.45, 2.75) is 52.1 Å². The smallest absolute Gasteiger partial charge is 0.0706 e. The molecule has 0 saturated carbocycles. The van der Waals surface area contributed by atoms with Crippen LogP contribution in [0.2, 0.25) is 0 Å². The highest BCUT2D eigenvalue weighted by atomic mass is 16.5. The second kappa shape index (κ2) is 3.57. The Morgan fingerprint density at radius 2 is 2.18 bits per heavy atom. The van der Waals surface area contributed by atoms with Crippen LogP contribution in [0.5, 0.6) is 0 Å². The molecule has 11 heavy (non-hydrogen) atoms. The van der Waals surface area contributed by atoms with Crippen molar-refractivity contribution in [2.75, 3.05) is 6.61 Å². The van der Waals surface area contributed by atoms with Crippen molar-refractivity contribution in [1.82, 2.24) is 0 Å². The van der Waals surface area contributed by atoms with Gasteiger partial charge in [-0.25, -0.2) is 0 Å². The average Bonchev–Trinajstić information content (AvgIpc) is 2.38. The van der Waals surface area contributed by atoms with Crippen LogP contribution in [-0.2, 0) is 4.74 Å². The molecular weight excluding hydrogens is 136 g/mol. The summed E-state index contributed by atoms with van der Waals surface area (Å²) in [4.78, 5) is 0. The van der Waals surface area contributed by atoms with Gasteiger partial charge in [-0.05, 0) is 25.2 Å². The zero-order chi connectivity index (χ0) is 8.32. The van der Waals surface area contributed by atoms with E-state index >= 15 is 0 Å². The highest BCUT2D eigenvalue weighted by Gasteiger charge is 2.36. The molecule has 0 aromatic carbocycles. The fraction of sp³-hybridized carbons (Fsp3) is 1.00. The molecule has 1 atom stereocenters. The first-order chi connectivity index (χ1) is 5.21. The molecule has 0 aromatic rings. The third kappa shape index (κ3) is 1.76. The lowest BCUT2D eigenvalue weighted by molar-refractivity contribution is -0.0398. The molecule has 1 saturated heterocycles. The predicted molar refractivity (Wildman–Crippen MR) is 47.7 cm³/mol. The Kier molecular flexibility index (Phi) is 2.94. The van der Waals surface area contributed by atoms with Gasteiger partial charge in [-0.1, -0.05) is 27.2 Å². The molecule has 1 unspecified atom stereocenters. The number of hydrogen-bond acceptors (Lipinski definition) is 1. The molecule has 1 heteroatoms. The van der Waals surface area contributed by atoms with Gasteiger partial charge in [0.15, 0.2) is 0 Å². The minimum absolute atomic E-state index is 0.245. The van der Waals surface area contributed by atoms with Crippen molar-refractivity contribution in [3.8, 4) is 0 Å². The molecule has 0 aliphatic carbocycles. The van der Waals surface area contributed by atoms with Crippen LogP contribution in [0.25, 0.3) is 0 Å². The van der Waals surface area contributed by atoms with Crippen molar-refractivity contribution in [2.24, 2.45) is 5.92 Å². The summed E-state index contributed by atoms with van der Waals surface area (Å²) >= 11 is 0. The Balaban J connectivity index is 2.55. The second-order valence-corrected chi connectivity index (χ2v) is 3.92. The van der Waals surface area contributed by atoms with Gasteiger partial charge in [0.25, 0.3) is 0 Å². The maximum absolute atomic E-state index is 5.84. The highest BCUT2D eigenvalue weighted by molar-refractivity contribution is 4.87. The van der Waals surface area contributed by atoms with E-state index in [1.54, 1.807) is 0 Å². The fourth-order valence-electron chi connectivity index (χ4n) is 2.08. The lowest BCUT2D eigenvalue weighted by Gasteiger charge is -2.32. The topological polar surface area (TPSA) is 9.23 Å².